The minimum absolute atomic E-state index is 0.0124. The first kappa shape index (κ1) is 16.0. The van der Waals surface area contributed by atoms with Crippen molar-refractivity contribution in [1.82, 2.24) is 9.80 Å². The van der Waals surface area contributed by atoms with Crippen molar-refractivity contribution in [3.8, 4) is 0 Å². The Morgan fingerprint density at radius 2 is 1.57 bits per heavy atom. The van der Waals surface area contributed by atoms with Gasteiger partial charge in [0, 0.05) is 26.2 Å². The van der Waals surface area contributed by atoms with Crippen molar-refractivity contribution in [1.29, 1.82) is 0 Å². The summed E-state index contributed by atoms with van der Waals surface area (Å²) in [5, 5.41) is 3.79. The van der Waals surface area contributed by atoms with Crippen molar-refractivity contribution in [3.05, 3.63) is 0 Å². The second-order valence-corrected chi connectivity index (χ2v) is 6.74. The lowest BCUT2D eigenvalue weighted by molar-refractivity contribution is -0.178. The highest BCUT2D eigenvalue weighted by atomic mass is 32.2. The highest BCUT2D eigenvalue weighted by Crippen LogP contribution is 2.25. The van der Waals surface area contributed by atoms with Crippen LogP contribution in [0.1, 0.15) is 0 Å². The Bertz CT molecular complexity index is 541. The molecule has 2 N–H and O–H groups in total. The van der Waals surface area contributed by atoms with E-state index in [1.807, 2.05) is 0 Å². The van der Waals surface area contributed by atoms with E-state index in [1.54, 1.807) is 0 Å². The van der Waals surface area contributed by atoms with E-state index in [0.29, 0.717) is 4.90 Å². The number of ether oxygens (including phenoxy) is 1. The molecule has 21 heavy (non-hydrogen) atoms. The fourth-order valence-corrected chi connectivity index (χ4v) is 2.84. The zero-order valence-corrected chi connectivity index (χ0v) is 11.8. The van der Waals surface area contributed by atoms with Crippen LogP contribution in [-0.4, -0.2) is 80.6 Å². The molecule has 0 saturated carbocycles. The maximum absolute atomic E-state index is 13.9. The van der Waals surface area contributed by atoms with Crippen LogP contribution in [0.2, 0.25) is 0 Å². The van der Waals surface area contributed by atoms with Gasteiger partial charge in [-0.25, -0.2) is 13.6 Å². The fraction of sp³-hybridized carbons (Fsp3) is 0.800. The number of carbonyl (C=O) groups excluding carboxylic acids is 2. The van der Waals surface area contributed by atoms with Crippen LogP contribution in [0, 0.1) is 0 Å². The summed E-state index contributed by atoms with van der Waals surface area (Å²) in [6.07, 6.45) is 0. The summed E-state index contributed by atoms with van der Waals surface area (Å²) < 4.78 is 54.7. The van der Waals surface area contributed by atoms with Crippen molar-refractivity contribution in [3.63, 3.8) is 0 Å². The first-order valence-electron chi connectivity index (χ1n) is 6.20. The van der Waals surface area contributed by atoms with Gasteiger partial charge < -0.3 is 14.5 Å². The molecular formula is C10H15F2N3O5S. The van der Waals surface area contributed by atoms with E-state index in [-0.39, 0.29) is 26.3 Å². The predicted octanol–water partition coefficient (Wildman–Crippen LogP) is -2.02. The number of likely N-dealkylation sites (tertiary alicyclic amines) is 1. The molecule has 0 bridgehead atoms. The molecule has 0 radical (unpaired) electrons. The van der Waals surface area contributed by atoms with Gasteiger partial charge in [-0.2, -0.15) is 8.78 Å². The van der Waals surface area contributed by atoms with Gasteiger partial charge >= 0.3 is 17.7 Å². The van der Waals surface area contributed by atoms with E-state index in [2.05, 4.69) is 0 Å². The summed E-state index contributed by atoms with van der Waals surface area (Å²) in [5.74, 6) is -7.49. The molecule has 2 rings (SSSR count). The number of amides is 2. The Morgan fingerprint density at radius 1 is 1.10 bits per heavy atom. The third-order valence-electron chi connectivity index (χ3n) is 3.44. The Kier molecular flexibility index (Phi) is 4.17. The van der Waals surface area contributed by atoms with E-state index in [0.717, 1.165) is 4.90 Å². The number of hydrogen-bond donors (Lipinski definition) is 1. The first-order chi connectivity index (χ1) is 9.64. The lowest BCUT2D eigenvalue weighted by Gasteiger charge is -2.39. The molecule has 2 fully saturated rings. The maximum Gasteiger partial charge on any atom is 0.401 e. The van der Waals surface area contributed by atoms with Crippen LogP contribution in [0.5, 0.6) is 0 Å². The minimum Gasteiger partial charge on any atom is -0.378 e. The number of nitrogens with two attached hydrogens (primary N) is 1. The average molecular weight is 327 g/mol. The maximum atomic E-state index is 13.9. The van der Waals surface area contributed by atoms with E-state index >= 15 is 0 Å². The molecule has 0 aromatic heterocycles. The Balaban J connectivity index is 1.99. The third kappa shape index (κ3) is 3.14. The summed E-state index contributed by atoms with van der Waals surface area (Å²) in [6.45, 7) is -0.614. The van der Waals surface area contributed by atoms with Crippen molar-refractivity contribution in [2.24, 2.45) is 5.14 Å². The monoisotopic (exact) mass is 327 g/mol. The third-order valence-corrected chi connectivity index (χ3v) is 4.66. The topological polar surface area (TPSA) is 110 Å². The molecule has 11 heteroatoms. The molecule has 2 aliphatic heterocycles. The van der Waals surface area contributed by atoms with E-state index in [9.17, 15) is 26.8 Å². The summed E-state index contributed by atoms with van der Waals surface area (Å²) in [6, 6.07) is 0. The van der Waals surface area contributed by atoms with Crippen molar-refractivity contribution in [2.75, 3.05) is 39.4 Å². The molecule has 8 nitrogen and oxygen atoms in total. The highest BCUT2D eigenvalue weighted by molar-refractivity contribution is 7.89. The Morgan fingerprint density at radius 3 is 2.05 bits per heavy atom. The number of sulfonamides is 1. The summed E-state index contributed by atoms with van der Waals surface area (Å²) in [4.78, 5) is 24.9. The molecule has 0 aromatic carbocycles. The number of halogens is 2. The van der Waals surface area contributed by atoms with Crippen LogP contribution >= 0.6 is 0 Å². The molecule has 0 aliphatic carbocycles. The van der Waals surface area contributed by atoms with Gasteiger partial charge in [0.1, 0.15) is 5.25 Å². The smallest absolute Gasteiger partial charge is 0.378 e. The van der Waals surface area contributed by atoms with E-state index in [4.69, 9.17) is 9.88 Å². The summed E-state index contributed by atoms with van der Waals surface area (Å²) >= 11 is 0. The number of carbonyl (C=O) groups is 2. The number of nitrogens with zero attached hydrogens (tertiary/aromatic N) is 2. The summed E-state index contributed by atoms with van der Waals surface area (Å²) in [7, 11) is -3.87. The SMILES string of the molecule is NS(=O)(=O)C1CN(C(=O)C(F)(F)C(=O)N2CCOCC2)C1. The number of hydrogen-bond acceptors (Lipinski definition) is 5. The minimum atomic E-state index is -4.21. The second kappa shape index (κ2) is 5.46. The van der Waals surface area contributed by atoms with Crippen LogP contribution < -0.4 is 5.14 Å². The van der Waals surface area contributed by atoms with Crippen molar-refractivity contribution in [2.45, 2.75) is 11.2 Å². The van der Waals surface area contributed by atoms with Crippen LogP contribution in [-0.2, 0) is 24.3 Å². The van der Waals surface area contributed by atoms with Gasteiger partial charge in [0.25, 0.3) is 0 Å². The molecule has 2 amide bonds. The zero-order valence-electron chi connectivity index (χ0n) is 11.0. The van der Waals surface area contributed by atoms with Gasteiger partial charge in [-0.3, -0.25) is 9.59 Å². The van der Waals surface area contributed by atoms with Gasteiger partial charge in [-0.15, -0.1) is 0 Å². The zero-order chi connectivity index (χ0) is 15.8. The lowest BCUT2D eigenvalue weighted by atomic mass is 10.1. The number of morpholine rings is 1. The van der Waals surface area contributed by atoms with Crippen LogP contribution in [0.25, 0.3) is 0 Å². The van der Waals surface area contributed by atoms with Gasteiger partial charge in [-0.05, 0) is 0 Å². The van der Waals surface area contributed by atoms with Gasteiger partial charge in [0.15, 0.2) is 0 Å². The lowest BCUT2D eigenvalue weighted by Crippen LogP contribution is -2.64. The molecule has 0 spiro atoms. The molecule has 0 unspecified atom stereocenters. The molecule has 120 valence electrons. The van der Waals surface area contributed by atoms with Gasteiger partial charge in [-0.1, -0.05) is 0 Å². The predicted molar refractivity (Wildman–Crippen MR) is 65.8 cm³/mol. The molecule has 2 saturated heterocycles. The molecular weight excluding hydrogens is 312 g/mol. The van der Waals surface area contributed by atoms with E-state index < -0.39 is 46.1 Å². The van der Waals surface area contributed by atoms with Crippen molar-refractivity contribution < 1.29 is 31.5 Å². The second-order valence-electron chi connectivity index (χ2n) is 4.90. The average Bonchev–Trinajstić information content (AvgIpc) is 2.35. The Labute approximate surface area is 119 Å². The number of rotatable bonds is 3. The first-order valence-corrected chi connectivity index (χ1v) is 7.81. The fourth-order valence-electron chi connectivity index (χ4n) is 2.07. The molecule has 0 aromatic rings. The number of alkyl halides is 2. The normalized spacial score (nSPS) is 21.1. The largest absolute Gasteiger partial charge is 0.401 e. The number of primary sulfonamides is 1. The summed E-state index contributed by atoms with van der Waals surface area (Å²) in [5.41, 5.74) is 0. The van der Waals surface area contributed by atoms with Crippen molar-refractivity contribution >= 4 is 21.8 Å². The Hall–Kier alpha value is -1.33. The van der Waals surface area contributed by atoms with Gasteiger partial charge in [0.05, 0.1) is 13.2 Å². The molecule has 2 aliphatic rings. The van der Waals surface area contributed by atoms with Gasteiger partial charge in [0.2, 0.25) is 10.0 Å². The quantitative estimate of drug-likeness (QED) is 0.602. The van der Waals surface area contributed by atoms with Crippen LogP contribution in [0.3, 0.4) is 0 Å². The molecule has 0 atom stereocenters. The van der Waals surface area contributed by atoms with Crippen LogP contribution in [0.15, 0.2) is 0 Å². The molecule has 2 heterocycles. The van der Waals surface area contributed by atoms with E-state index in [1.165, 1.54) is 0 Å². The highest BCUT2D eigenvalue weighted by Gasteiger charge is 2.55. The van der Waals surface area contributed by atoms with Crippen LogP contribution in [0.4, 0.5) is 8.78 Å². The standard InChI is InChI=1S/C10H15F2N3O5S/c11-10(12,8(16)14-1-3-20-4-2-14)9(17)15-5-7(6-15)21(13,18)19/h7H,1-6H2,(H2,13,18,19).